The highest BCUT2D eigenvalue weighted by Crippen LogP contribution is 2.42. The lowest BCUT2D eigenvalue weighted by Gasteiger charge is -2.50. The lowest BCUT2D eigenvalue weighted by atomic mass is 9.75. The normalized spacial score (nSPS) is 22.6. The van der Waals surface area contributed by atoms with Crippen LogP contribution < -0.4 is 21.7 Å². The van der Waals surface area contributed by atoms with E-state index in [4.69, 9.17) is 15.2 Å². The minimum Gasteiger partial charge on any atom is -0.397 e. The maximum Gasteiger partial charge on any atom is 0.237 e. The average Bonchev–Trinajstić information content (AvgIpc) is 3.30. The van der Waals surface area contributed by atoms with E-state index in [0.717, 1.165) is 78.3 Å². The molecule has 0 unspecified atom stereocenters. The molecule has 6 N–H and O–H groups in total. The molecule has 2 heterocycles. The highest BCUT2D eigenvalue weighted by atomic mass is 16.7. The number of fused-ring (bicyclic) bond motifs is 1. The van der Waals surface area contributed by atoms with Gasteiger partial charge in [-0.3, -0.25) is 19.3 Å². The standard InChI is InChI=1S/C53H69N5O6/c1-53(2,3)57-51(62)47-31-30-38-14-9-13-19-46(38)58(47)34-42-32-48(39-24-22-36(35-59)23-25-39)64-52(63-42)40-28-26-37(27-29-40)43-16-10-8-15-41(43)33-55-49(60)20-6-4-5-7-21-50(61)56-45-18-12-11-17-44(45)54/h8,10-12,15-18,22-29,38,42,46-48,52,59H,4-7,9,13-14,19-21,30-35,54H2,1-3H3,(H,55,60)(H,56,61)(H,57,62)/t38-,42+,46-,47-,48-,52-/m1/s1. The predicted molar refractivity (Wildman–Crippen MR) is 253 cm³/mol. The summed E-state index contributed by atoms with van der Waals surface area (Å²) in [5.41, 5.74) is 12.7. The van der Waals surface area contributed by atoms with Crippen molar-refractivity contribution < 1.29 is 29.0 Å². The van der Waals surface area contributed by atoms with Crippen LogP contribution in [0, 0.1) is 5.92 Å². The van der Waals surface area contributed by atoms with Gasteiger partial charge in [0, 0.05) is 49.5 Å². The second kappa shape index (κ2) is 22.2. The Kier molecular flexibility index (Phi) is 16.3. The molecule has 0 bridgehead atoms. The summed E-state index contributed by atoms with van der Waals surface area (Å²) in [4.78, 5) is 41.6. The Labute approximate surface area is 379 Å². The maximum atomic E-state index is 13.9. The maximum absolute atomic E-state index is 13.9. The van der Waals surface area contributed by atoms with Gasteiger partial charge in [-0.05, 0) is 105 Å². The van der Waals surface area contributed by atoms with Crippen molar-refractivity contribution in [2.24, 2.45) is 5.92 Å². The lowest BCUT2D eigenvalue weighted by molar-refractivity contribution is -0.255. The average molecular weight is 872 g/mol. The molecule has 0 aromatic heterocycles. The summed E-state index contributed by atoms with van der Waals surface area (Å²) >= 11 is 0. The molecule has 7 rings (SSSR count). The van der Waals surface area contributed by atoms with Crippen molar-refractivity contribution in [3.63, 3.8) is 0 Å². The van der Waals surface area contributed by atoms with Gasteiger partial charge in [0.05, 0.1) is 36.2 Å². The van der Waals surface area contributed by atoms with E-state index in [0.29, 0.717) is 55.7 Å². The zero-order valence-electron chi connectivity index (χ0n) is 38.0. The first-order chi connectivity index (χ1) is 30.9. The summed E-state index contributed by atoms with van der Waals surface area (Å²) in [5.74, 6) is 0.654. The number of likely N-dealkylation sites (tertiary alicyclic amines) is 1. The molecular formula is C53H69N5O6. The van der Waals surface area contributed by atoms with Crippen LogP contribution in [0.25, 0.3) is 11.1 Å². The van der Waals surface area contributed by atoms with Gasteiger partial charge < -0.3 is 36.3 Å². The molecule has 1 aliphatic carbocycles. The molecule has 3 fully saturated rings. The number of nitrogen functional groups attached to an aromatic ring is 1. The van der Waals surface area contributed by atoms with E-state index < -0.39 is 6.29 Å². The van der Waals surface area contributed by atoms with Crippen LogP contribution >= 0.6 is 0 Å². The number of anilines is 2. The van der Waals surface area contributed by atoms with Crippen molar-refractivity contribution in [1.29, 1.82) is 0 Å². The molecule has 64 heavy (non-hydrogen) atoms. The highest BCUT2D eigenvalue weighted by molar-refractivity contribution is 5.93. The van der Waals surface area contributed by atoms with Gasteiger partial charge in [0.2, 0.25) is 17.7 Å². The van der Waals surface area contributed by atoms with Crippen LogP contribution in [0.2, 0.25) is 0 Å². The molecule has 3 aliphatic rings. The number of ether oxygens (including phenoxy) is 2. The molecule has 342 valence electrons. The van der Waals surface area contributed by atoms with E-state index in [1.54, 1.807) is 12.1 Å². The SMILES string of the molecule is CC(C)(C)NC(=O)[C@H]1CC[C@H]2CCCC[C@H]2N1C[C@@H]1C[C@H](c2ccc(CO)cc2)O[C@H](c2ccc(-c3ccccc3CNC(=O)CCCCCCC(=O)Nc3ccccc3N)cc2)O1. The number of unbranched alkanes of at least 4 members (excludes halogenated alkanes) is 3. The fraction of sp³-hybridized carbons (Fsp3) is 0.491. The Morgan fingerprint density at radius 2 is 1.45 bits per heavy atom. The molecule has 1 saturated carbocycles. The number of nitrogens with one attached hydrogen (secondary N) is 3. The summed E-state index contributed by atoms with van der Waals surface area (Å²) < 4.78 is 13.7. The van der Waals surface area contributed by atoms with Crippen LogP contribution in [-0.4, -0.2) is 58.0 Å². The Balaban J connectivity index is 0.977. The van der Waals surface area contributed by atoms with Crippen LogP contribution in [0.5, 0.6) is 0 Å². The molecule has 4 aromatic carbocycles. The predicted octanol–water partition coefficient (Wildman–Crippen LogP) is 9.51. The fourth-order valence-corrected chi connectivity index (χ4v) is 9.80. The highest BCUT2D eigenvalue weighted by Gasteiger charge is 2.44. The van der Waals surface area contributed by atoms with Gasteiger partial charge in [-0.2, -0.15) is 0 Å². The summed E-state index contributed by atoms with van der Waals surface area (Å²) in [6.07, 6.45) is 10.4. The van der Waals surface area contributed by atoms with E-state index in [1.165, 1.54) is 19.3 Å². The number of carbonyl (C=O) groups is 3. The molecule has 11 nitrogen and oxygen atoms in total. The summed E-state index contributed by atoms with van der Waals surface area (Å²) in [6.45, 7) is 7.19. The molecule has 0 radical (unpaired) electrons. The summed E-state index contributed by atoms with van der Waals surface area (Å²) in [7, 11) is 0. The van der Waals surface area contributed by atoms with E-state index >= 15 is 0 Å². The van der Waals surface area contributed by atoms with E-state index in [1.807, 2.05) is 69.3 Å². The Hall–Kier alpha value is -5.07. The number of aliphatic hydroxyl groups excluding tert-OH is 1. The van der Waals surface area contributed by atoms with Gasteiger partial charge >= 0.3 is 0 Å². The Morgan fingerprint density at radius 1 is 0.766 bits per heavy atom. The van der Waals surface area contributed by atoms with Crippen molar-refractivity contribution in [2.45, 2.75) is 154 Å². The van der Waals surface area contributed by atoms with Gasteiger partial charge in [-0.15, -0.1) is 0 Å². The van der Waals surface area contributed by atoms with Crippen molar-refractivity contribution >= 4 is 29.1 Å². The van der Waals surface area contributed by atoms with Crippen molar-refractivity contribution in [2.75, 3.05) is 17.6 Å². The van der Waals surface area contributed by atoms with Gasteiger partial charge in [-0.25, -0.2) is 0 Å². The topological polar surface area (TPSA) is 155 Å². The van der Waals surface area contributed by atoms with E-state index in [9.17, 15) is 19.5 Å². The largest absolute Gasteiger partial charge is 0.397 e. The second-order valence-electron chi connectivity index (χ2n) is 19.1. The third kappa shape index (κ3) is 12.8. The first-order valence-corrected chi connectivity index (χ1v) is 23.6. The zero-order chi connectivity index (χ0) is 45.1. The van der Waals surface area contributed by atoms with Crippen LogP contribution in [0.1, 0.15) is 139 Å². The molecule has 2 saturated heterocycles. The first kappa shape index (κ1) is 46.9. The number of nitrogens with two attached hydrogens (primary N) is 1. The number of rotatable bonds is 17. The third-order valence-corrected chi connectivity index (χ3v) is 13.1. The molecular weight excluding hydrogens is 803 g/mol. The number of hydrogen-bond acceptors (Lipinski definition) is 8. The number of para-hydroxylation sites is 2. The van der Waals surface area contributed by atoms with Gasteiger partial charge in [-0.1, -0.05) is 111 Å². The van der Waals surface area contributed by atoms with Crippen molar-refractivity contribution in [3.05, 3.63) is 119 Å². The number of hydrogen-bond donors (Lipinski definition) is 5. The Bertz CT molecular complexity index is 2150. The number of benzene rings is 4. The quantitative estimate of drug-likeness (QED) is 0.0519. The van der Waals surface area contributed by atoms with E-state index in [-0.39, 0.29) is 48.1 Å². The molecule has 2 aliphatic heterocycles. The molecule has 0 spiro atoms. The zero-order valence-corrected chi connectivity index (χ0v) is 38.0. The van der Waals surface area contributed by atoms with Gasteiger partial charge in [0.25, 0.3) is 0 Å². The number of amides is 3. The lowest BCUT2D eigenvalue weighted by Crippen LogP contribution is -2.61. The van der Waals surface area contributed by atoms with Crippen LogP contribution in [-0.2, 0) is 37.0 Å². The van der Waals surface area contributed by atoms with E-state index in [2.05, 4.69) is 57.2 Å². The monoisotopic (exact) mass is 872 g/mol. The van der Waals surface area contributed by atoms with Crippen LogP contribution in [0.4, 0.5) is 11.4 Å². The summed E-state index contributed by atoms with van der Waals surface area (Å²) in [6, 6.07) is 31.8. The summed E-state index contributed by atoms with van der Waals surface area (Å²) in [5, 5.41) is 19.0. The molecule has 3 amide bonds. The van der Waals surface area contributed by atoms with Crippen molar-refractivity contribution in [3.8, 4) is 11.1 Å². The van der Waals surface area contributed by atoms with Gasteiger partial charge in [0.15, 0.2) is 6.29 Å². The minimum absolute atomic E-state index is 0.00821. The molecule has 4 aromatic rings. The third-order valence-electron chi connectivity index (χ3n) is 13.1. The van der Waals surface area contributed by atoms with Crippen LogP contribution in [0.15, 0.2) is 97.1 Å². The Morgan fingerprint density at radius 3 is 2.19 bits per heavy atom. The number of carbonyl (C=O) groups excluding carboxylic acids is 3. The second-order valence-corrected chi connectivity index (χ2v) is 19.1. The molecule has 6 atom stereocenters. The fourth-order valence-electron chi connectivity index (χ4n) is 9.80. The number of nitrogens with zero attached hydrogens (tertiary/aromatic N) is 1. The minimum atomic E-state index is -0.621. The number of aliphatic hydroxyl groups is 1. The number of piperidine rings is 1. The van der Waals surface area contributed by atoms with Crippen LogP contribution in [0.3, 0.4) is 0 Å². The molecule has 11 heteroatoms. The first-order valence-electron chi connectivity index (χ1n) is 23.6. The smallest absolute Gasteiger partial charge is 0.237 e. The van der Waals surface area contributed by atoms with Gasteiger partial charge in [0.1, 0.15) is 0 Å². The van der Waals surface area contributed by atoms with Crippen molar-refractivity contribution in [1.82, 2.24) is 15.5 Å².